The standard InChI is InChI=1S/C21H15N5O3/c27-20(15-3-5-16(6-4-15)21(28)29)25-10-7-17-13-22-19(12-18(17)14-25)2-1-9-26-11-8-23-24-26/h3-8,10-13H,9,14H2,(H,28,29). The first-order valence-electron chi connectivity index (χ1n) is 8.74. The number of carboxylic acid groups (broad SMARTS) is 1. The van der Waals surface area contributed by atoms with E-state index in [0.29, 0.717) is 24.3 Å². The topological polar surface area (TPSA) is 101 Å². The molecule has 1 N–H and O–H groups in total. The maximum atomic E-state index is 12.7. The van der Waals surface area contributed by atoms with Crippen LogP contribution >= 0.6 is 0 Å². The number of fused-ring (bicyclic) bond motifs is 1. The van der Waals surface area contributed by atoms with Crippen LogP contribution in [0.1, 0.15) is 37.5 Å². The number of carboxylic acids is 1. The Morgan fingerprint density at radius 1 is 1.17 bits per heavy atom. The number of hydrogen-bond donors (Lipinski definition) is 1. The van der Waals surface area contributed by atoms with Crippen molar-refractivity contribution in [1.82, 2.24) is 24.9 Å². The first-order chi connectivity index (χ1) is 14.1. The van der Waals surface area contributed by atoms with Crippen LogP contribution in [0.25, 0.3) is 6.08 Å². The Labute approximate surface area is 166 Å². The molecule has 3 heterocycles. The van der Waals surface area contributed by atoms with Crippen molar-refractivity contribution in [3.8, 4) is 11.8 Å². The van der Waals surface area contributed by atoms with Crippen LogP contribution < -0.4 is 0 Å². The van der Waals surface area contributed by atoms with Crippen LogP contribution in [0.15, 0.2) is 55.1 Å². The molecule has 1 aromatic carbocycles. The second-order valence-corrected chi connectivity index (χ2v) is 6.30. The van der Waals surface area contributed by atoms with E-state index in [1.807, 2.05) is 12.1 Å². The summed E-state index contributed by atoms with van der Waals surface area (Å²) in [7, 11) is 0. The molecule has 8 nitrogen and oxygen atoms in total. The summed E-state index contributed by atoms with van der Waals surface area (Å²) in [6.07, 6.45) is 8.57. The van der Waals surface area contributed by atoms with Crippen molar-refractivity contribution in [3.63, 3.8) is 0 Å². The Bertz CT molecular complexity index is 1160. The molecular formula is C21H15N5O3. The molecule has 142 valence electrons. The Morgan fingerprint density at radius 2 is 1.97 bits per heavy atom. The number of carbonyl (C=O) groups is 2. The zero-order valence-electron chi connectivity index (χ0n) is 15.2. The van der Waals surface area contributed by atoms with Crippen molar-refractivity contribution in [2.24, 2.45) is 0 Å². The van der Waals surface area contributed by atoms with E-state index in [0.717, 1.165) is 11.1 Å². The van der Waals surface area contributed by atoms with Gasteiger partial charge < -0.3 is 10.0 Å². The lowest BCUT2D eigenvalue weighted by Crippen LogP contribution is -2.27. The van der Waals surface area contributed by atoms with E-state index in [4.69, 9.17) is 5.11 Å². The average molecular weight is 385 g/mol. The lowest BCUT2D eigenvalue weighted by atomic mass is 10.0. The molecule has 2 aromatic heterocycles. The molecule has 0 radical (unpaired) electrons. The van der Waals surface area contributed by atoms with Crippen molar-refractivity contribution >= 4 is 18.0 Å². The lowest BCUT2D eigenvalue weighted by molar-refractivity contribution is 0.0695. The zero-order chi connectivity index (χ0) is 20.2. The lowest BCUT2D eigenvalue weighted by Gasteiger charge is -2.23. The monoisotopic (exact) mass is 385 g/mol. The van der Waals surface area contributed by atoms with Crippen LogP contribution in [0, 0.1) is 11.8 Å². The van der Waals surface area contributed by atoms with Gasteiger partial charge in [-0.25, -0.2) is 14.5 Å². The van der Waals surface area contributed by atoms with Gasteiger partial charge in [0.05, 0.1) is 18.3 Å². The summed E-state index contributed by atoms with van der Waals surface area (Å²) in [4.78, 5) is 29.6. The molecule has 1 aliphatic heterocycles. The van der Waals surface area contributed by atoms with E-state index < -0.39 is 5.97 Å². The molecule has 1 amide bonds. The highest BCUT2D eigenvalue weighted by Gasteiger charge is 2.19. The molecule has 3 aromatic rings. The van der Waals surface area contributed by atoms with Gasteiger partial charge in [-0.15, -0.1) is 5.10 Å². The largest absolute Gasteiger partial charge is 0.478 e. The maximum Gasteiger partial charge on any atom is 0.335 e. The molecule has 0 spiro atoms. The van der Waals surface area contributed by atoms with Crippen LogP contribution in [0.5, 0.6) is 0 Å². The molecular weight excluding hydrogens is 370 g/mol. The number of pyridine rings is 1. The second kappa shape index (κ2) is 7.78. The fraction of sp³-hybridized carbons (Fsp3) is 0.0952. The van der Waals surface area contributed by atoms with Gasteiger partial charge in [-0.2, -0.15) is 0 Å². The number of amides is 1. The van der Waals surface area contributed by atoms with Crippen molar-refractivity contribution in [3.05, 3.63) is 83.1 Å². The van der Waals surface area contributed by atoms with E-state index in [9.17, 15) is 9.59 Å². The predicted octanol–water partition coefficient (Wildman–Crippen LogP) is 2.05. The van der Waals surface area contributed by atoms with Crippen molar-refractivity contribution in [2.75, 3.05) is 0 Å². The Kier molecular flexibility index (Phi) is 4.86. The van der Waals surface area contributed by atoms with Crippen LogP contribution in [-0.4, -0.2) is 41.9 Å². The van der Waals surface area contributed by atoms with E-state index in [2.05, 4.69) is 27.1 Å². The minimum atomic E-state index is -1.03. The third kappa shape index (κ3) is 4.04. The third-order valence-electron chi connectivity index (χ3n) is 4.37. The molecule has 0 unspecified atom stereocenters. The van der Waals surface area contributed by atoms with Gasteiger partial charge in [-0.1, -0.05) is 11.1 Å². The highest BCUT2D eigenvalue weighted by atomic mass is 16.4. The highest BCUT2D eigenvalue weighted by Crippen LogP contribution is 2.21. The van der Waals surface area contributed by atoms with Gasteiger partial charge in [0, 0.05) is 24.2 Å². The van der Waals surface area contributed by atoms with Crippen LogP contribution in [-0.2, 0) is 13.1 Å². The molecule has 29 heavy (non-hydrogen) atoms. The van der Waals surface area contributed by atoms with Crippen molar-refractivity contribution < 1.29 is 14.7 Å². The number of aromatic nitrogens is 4. The minimum Gasteiger partial charge on any atom is -0.478 e. The smallest absolute Gasteiger partial charge is 0.335 e. The van der Waals surface area contributed by atoms with Gasteiger partial charge in [0.15, 0.2) is 0 Å². The molecule has 0 fully saturated rings. The SMILES string of the molecule is O=C(O)c1ccc(C(=O)N2C=Cc3cnc(C#CCn4ccnn4)cc3C2)cc1. The quantitative estimate of drug-likeness (QED) is 0.693. The summed E-state index contributed by atoms with van der Waals surface area (Å²) in [6.45, 7) is 0.793. The highest BCUT2D eigenvalue weighted by molar-refractivity contribution is 5.97. The minimum absolute atomic E-state index is 0.140. The Balaban J connectivity index is 1.49. The van der Waals surface area contributed by atoms with Crippen LogP contribution in [0.3, 0.4) is 0 Å². The van der Waals surface area contributed by atoms with Crippen LogP contribution in [0.2, 0.25) is 0 Å². The molecule has 4 rings (SSSR count). The maximum absolute atomic E-state index is 12.7. The zero-order valence-corrected chi connectivity index (χ0v) is 15.2. The van der Waals surface area contributed by atoms with E-state index in [-0.39, 0.29) is 11.5 Å². The summed E-state index contributed by atoms with van der Waals surface area (Å²) in [6, 6.07) is 7.74. The molecule has 0 atom stereocenters. The van der Waals surface area contributed by atoms with Gasteiger partial charge in [-0.05, 0) is 53.5 Å². The average Bonchev–Trinajstić information content (AvgIpc) is 3.26. The van der Waals surface area contributed by atoms with E-state index >= 15 is 0 Å². The fourth-order valence-corrected chi connectivity index (χ4v) is 2.86. The predicted molar refractivity (Wildman–Crippen MR) is 103 cm³/mol. The molecule has 0 aliphatic carbocycles. The number of carbonyl (C=O) groups excluding carboxylic acids is 1. The fourth-order valence-electron chi connectivity index (χ4n) is 2.86. The van der Waals surface area contributed by atoms with E-state index in [1.165, 1.54) is 24.3 Å². The molecule has 0 bridgehead atoms. The molecule has 0 saturated carbocycles. The van der Waals surface area contributed by atoms with Gasteiger partial charge in [-0.3, -0.25) is 4.79 Å². The van der Waals surface area contributed by atoms with Crippen molar-refractivity contribution in [2.45, 2.75) is 13.1 Å². The summed E-state index contributed by atoms with van der Waals surface area (Å²) in [5.41, 5.74) is 3.03. The summed E-state index contributed by atoms with van der Waals surface area (Å²) < 4.78 is 1.62. The Morgan fingerprint density at radius 3 is 2.69 bits per heavy atom. The second-order valence-electron chi connectivity index (χ2n) is 6.30. The molecule has 1 aliphatic rings. The van der Waals surface area contributed by atoms with Gasteiger partial charge in [0.2, 0.25) is 0 Å². The number of nitrogens with zero attached hydrogens (tertiary/aromatic N) is 5. The summed E-state index contributed by atoms with van der Waals surface area (Å²) in [5.74, 6) is 4.74. The van der Waals surface area contributed by atoms with Gasteiger partial charge in [0.25, 0.3) is 5.91 Å². The van der Waals surface area contributed by atoms with E-state index in [1.54, 1.807) is 34.4 Å². The first-order valence-corrected chi connectivity index (χ1v) is 8.74. The third-order valence-corrected chi connectivity index (χ3v) is 4.37. The molecule has 0 saturated heterocycles. The first kappa shape index (κ1) is 18.1. The van der Waals surface area contributed by atoms with Gasteiger partial charge in [0.1, 0.15) is 12.2 Å². The number of aromatic carboxylic acids is 1. The number of rotatable bonds is 3. The summed E-state index contributed by atoms with van der Waals surface area (Å²) >= 11 is 0. The van der Waals surface area contributed by atoms with Gasteiger partial charge >= 0.3 is 5.97 Å². The molecule has 8 heteroatoms. The van der Waals surface area contributed by atoms with Crippen LogP contribution in [0.4, 0.5) is 0 Å². The Hall–Kier alpha value is -4.25. The normalized spacial score (nSPS) is 12.1. The van der Waals surface area contributed by atoms with Crippen molar-refractivity contribution in [1.29, 1.82) is 0 Å². The number of benzene rings is 1. The number of hydrogen-bond acceptors (Lipinski definition) is 5. The summed E-state index contributed by atoms with van der Waals surface area (Å²) in [5, 5.41) is 16.6.